The fourth-order valence-electron chi connectivity index (χ4n) is 3.64. The van der Waals surface area contributed by atoms with Crippen molar-refractivity contribution in [1.82, 2.24) is 0 Å². The summed E-state index contributed by atoms with van der Waals surface area (Å²) in [6, 6.07) is 23.0. The van der Waals surface area contributed by atoms with E-state index in [0.717, 1.165) is 9.80 Å². The van der Waals surface area contributed by atoms with Crippen molar-refractivity contribution in [2.24, 2.45) is 0 Å². The molecule has 8 heteroatoms. The van der Waals surface area contributed by atoms with Crippen LogP contribution in [0.1, 0.15) is 30.6 Å². The maximum atomic E-state index is 13.8. The molecule has 4 rings (SSSR count). The topological polar surface area (TPSA) is 84.9 Å². The molecule has 2 amide bonds. The highest BCUT2D eigenvalue weighted by Crippen LogP contribution is 2.39. The molecule has 0 saturated carbocycles. The van der Waals surface area contributed by atoms with Crippen LogP contribution in [0.3, 0.4) is 0 Å². The molecule has 1 aliphatic rings. The summed E-state index contributed by atoms with van der Waals surface area (Å²) in [7, 11) is 0. The first-order valence-corrected chi connectivity index (χ1v) is 12.5. The Bertz CT molecular complexity index is 1310. The number of hydrogen-bond acceptors (Lipinski definition) is 7. The monoisotopic (exact) mass is 502 g/mol. The number of amides is 2. The molecule has 1 aliphatic heterocycles. The molecule has 0 radical (unpaired) electrons. The predicted molar refractivity (Wildman–Crippen MR) is 140 cm³/mol. The number of esters is 1. The van der Waals surface area contributed by atoms with Crippen molar-refractivity contribution in [2.45, 2.75) is 25.2 Å². The fourth-order valence-corrected chi connectivity index (χ4v) is 4.59. The van der Waals surface area contributed by atoms with Crippen LogP contribution in [0.2, 0.25) is 0 Å². The van der Waals surface area contributed by atoms with E-state index < -0.39 is 17.8 Å². The number of carbonyl (C=O) groups is 3. The maximum absolute atomic E-state index is 13.8. The summed E-state index contributed by atoms with van der Waals surface area (Å²) < 4.78 is 11.0. The summed E-state index contributed by atoms with van der Waals surface area (Å²) in [6.07, 6.45) is 0.655. The van der Waals surface area contributed by atoms with Crippen LogP contribution in [0.15, 0.2) is 94.4 Å². The van der Waals surface area contributed by atoms with E-state index in [1.165, 1.54) is 11.8 Å². The zero-order chi connectivity index (χ0) is 25.5. The Morgan fingerprint density at radius 1 is 0.889 bits per heavy atom. The minimum atomic E-state index is -0.589. The van der Waals surface area contributed by atoms with Crippen LogP contribution in [0.4, 0.5) is 11.4 Å². The molecule has 7 nitrogen and oxygen atoms in total. The van der Waals surface area contributed by atoms with Gasteiger partial charge in [-0.25, -0.2) is 9.69 Å². The molecule has 0 bridgehead atoms. The standard InChI is InChI=1S/C28H26N2O5S/c1-3-18-35-28(33)20-14-8-10-16-22(20)30-26(31)24(29-21-15-9-11-17-23(21)34-4-2)25(27(30)32)36-19-12-6-5-7-13-19/h5-17,29H,3-4,18H2,1-2H3. The second-order valence-electron chi connectivity index (χ2n) is 7.77. The van der Waals surface area contributed by atoms with Crippen LogP contribution in [0, 0.1) is 0 Å². The van der Waals surface area contributed by atoms with Gasteiger partial charge in [-0.2, -0.15) is 0 Å². The lowest BCUT2D eigenvalue weighted by atomic mass is 10.1. The van der Waals surface area contributed by atoms with Crippen molar-refractivity contribution in [3.05, 3.63) is 95.0 Å². The fraction of sp³-hybridized carbons (Fsp3) is 0.179. The third-order valence-corrected chi connectivity index (χ3v) is 6.34. The lowest BCUT2D eigenvalue weighted by Gasteiger charge is -2.18. The summed E-state index contributed by atoms with van der Waals surface area (Å²) in [4.78, 5) is 42.3. The van der Waals surface area contributed by atoms with Gasteiger partial charge in [-0.05, 0) is 49.7 Å². The molecular formula is C28H26N2O5S. The summed E-state index contributed by atoms with van der Waals surface area (Å²) in [5.74, 6) is -1.13. The average molecular weight is 503 g/mol. The van der Waals surface area contributed by atoms with Gasteiger partial charge >= 0.3 is 5.97 Å². The lowest BCUT2D eigenvalue weighted by molar-refractivity contribution is -0.120. The highest BCUT2D eigenvalue weighted by molar-refractivity contribution is 8.04. The van der Waals surface area contributed by atoms with E-state index >= 15 is 0 Å². The summed E-state index contributed by atoms with van der Waals surface area (Å²) in [5, 5.41) is 3.13. The molecule has 0 aliphatic carbocycles. The van der Waals surface area contributed by atoms with Gasteiger partial charge in [-0.1, -0.05) is 61.2 Å². The Morgan fingerprint density at radius 2 is 1.58 bits per heavy atom. The third-order valence-electron chi connectivity index (χ3n) is 5.25. The van der Waals surface area contributed by atoms with Gasteiger partial charge in [-0.3, -0.25) is 9.59 Å². The number of benzene rings is 3. The Labute approximate surface area is 214 Å². The van der Waals surface area contributed by atoms with Gasteiger partial charge in [0.1, 0.15) is 16.4 Å². The molecule has 0 unspecified atom stereocenters. The number of ether oxygens (including phenoxy) is 2. The molecule has 36 heavy (non-hydrogen) atoms. The van der Waals surface area contributed by atoms with E-state index in [1.54, 1.807) is 36.4 Å². The van der Waals surface area contributed by atoms with Gasteiger partial charge in [-0.15, -0.1) is 0 Å². The second-order valence-corrected chi connectivity index (χ2v) is 8.86. The molecule has 0 fully saturated rings. The van der Waals surface area contributed by atoms with Crippen molar-refractivity contribution in [2.75, 3.05) is 23.4 Å². The zero-order valence-corrected chi connectivity index (χ0v) is 20.8. The Balaban J connectivity index is 1.76. The third kappa shape index (κ3) is 5.28. The van der Waals surface area contributed by atoms with E-state index in [-0.39, 0.29) is 28.5 Å². The molecule has 0 aromatic heterocycles. The summed E-state index contributed by atoms with van der Waals surface area (Å²) in [6.45, 7) is 4.44. The van der Waals surface area contributed by atoms with Crippen LogP contribution < -0.4 is 15.0 Å². The van der Waals surface area contributed by atoms with E-state index in [9.17, 15) is 14.4 Å². The summed E-state index contributed by atoms with van der Waals surface area (Å²) >= 11 is 1.18. The van der Waals surface area contributed by atoms with Crippen LogP contribution in [-0.4, -0.2) is 31.0 Å². The molecule has 1 heterocycles. The number of carbonyl (C=O) groups excluding carboxylic acids is 3. The van der Waals surface area contributed by atoms with E-state index in [2.05, 4.69) is 5.32 Å². The number of thioether (sulfide) groups is 1. The Kier molecular flexibility index (Phi) is 8.07. The minimum absolute atomic E-state index is 0.109. The smallest absolute Gasteiger partial charge is 0.340 e. The van der Waals surface area contributed by atoms with Crippen molar-refractivity contribution >= 4 is 40.9 Å². The Hall–Kier alpha value is -4.04. The van der Waals surface area contributed by atoms with Gasteiger partial charge in [0, 0.05) is 4.90 Å². The van der Waals surface area contributed by atoms with Crippen LogP contribution in [0.5, 0.6) is 5.75 Å². The summed E-state index contributed by atoms with van der Waals surface area (Å²) in [5.41, 5.74) is 0.985. The highest BCUT2D eigenvalue weighted by atomic mass is 32.2. The molecule has 1 N–H and O–H groups in total. The highest BCUT2D eigenvalue weighted by Gasteiger charge is 2.42. The zero-order valence-electron chi connectivity index (χ0n) is 20.0. The van der Waals surface area contributed by atoms with Crippen LogP contribution in [0.25, 0.3) is 0 Å². The van der Waals surface area contributed by atoms with Crippen molar-refractivity contribution in [1.29, 1.82) is 0 Å². The number of nitrogens with one attached hydrogen (secondary N) is 1. The lowest BCUT2D eigenvalue weighted by Crippen LogP contribution is -2.33. The van der Waals surface area contributed by atoms with Crippen LogP contribution >= 0.6 is 11.8 Å². The number of anilines is 2. The minimum Gasteiger partial charge on any atom is -0.492 e. The predicted octanol–water partition coefficient (Wildman–Crippen LogP) is 5.64. The molecule has 184 valence electrons. The molecule has 3 aromatic rings. The van der Waals surface area contributed by atoms with Gasteiger partial charge in [0.25, 0.3) is 11.8 Å². The number of rotatable bonds is 10. The van der Waals surface area contributed by atoms with Gasteiger partial charge in [0.05, 0.1) is 30.2 Å². The van der Waals surface area contributed by atoms with Gasteiger partial charge in [0.2, 0.25) is 0 Å². The normalized spacial score (nSPS) is 13.2. The molecule has 0 saturated heterocycles. The first-order valence-electron chi connectivity index (χ1n) is 11.7. The van der Waals surface area contributed by atoms with Gasteiger partial charge < -0.3 is 14.8 Å². The number of nitrogens with zero attached hydrogens (tertiary/aromatic N) is 1. The number of hydrogen-bond donors (Lipinski definition) is 1. The van der Waals surface area contributed by atoms with Crippen molar-refractivity contribution < 1.29 is 23.9 Å². The SMILES string of the molecule is CCCOC(=O)c1ccccc1N1C(=O)C(Nc2ccccc2OCC)=C(Sc2ccccc2)C1=O. The van der Waals surface area contributed by atoms with Gasteiger partial charge in [0.15, 0.2) is 0 Å². The number of imide groups is 1. The molecule has 3 aromatic carbocycles. The quantitative estimate of drug-likeness (QED) is 0.284. The van der Waals surface area contributed by atoms with Crippen molar-refractivity contribution in [3.8, 4) is 5.75 Å². The van der Waals surface area contributed by atoms with E-state index in [0.29, 0.717) is 24.5 Å². The second kappa shape index (κ2) is 11.6. The van der Waals surface area contributed by atoms with E-state index in [4.69, 9.17) is 9.47 Å². The number of para-hydroxylation sites is 3. The largest absolute Gasteiger partial charge is 0.492 e. The van der Waals surface area contributed by atoms with Crippen LogP contribution in [-0.2, 0) is 14.3 Å². The Morgan fingerprint density at radius 3 is 2.33 bits per heavy atom. The van der Waals surface area contributed by atoms with E-state index in [1.807, 2.05) is 56.3 Å². The average Bonchev–Trinajstić information content (AvgIpc) is 3.13. The first-order chi connectivity index (χ1) is 17.5. The van der Waals surface area contributed by atoms with Crippen molar-refractivity contribution in [3.63, 3.8) is 0 Å². The molecule has 0 atom stereocenters. The maximum Gasteiger partial charge on any atom is 0.340 e. The molecule has 0 spiro atoms. The first kappa shape index (κ1) is 25.1. The molecular weight excluding hydrogens is 476 g/mol.